The van der Waals surface area contributed by atoms with E-state index in [9.17, 15) is 0 Å². The van der Waals surface area contributed by atoms with E-state index in [0.717, 1.165) is 38.9 Å². The molecular formula is C62H66O11. The van der Waals surface area contributed by atoms with E-state index in [1.165, 1.54) is 0 Å². The second-order valence-electron chi connectivity index (χ2n) is 18.2. The van der Waals surface area contributed by atoms with Crippen molar-refractivity contribution in [1.29, 1.82) is 0 Å². The van der Waals surface area contributed by atoms with E-state index in [2.05, 4.69) is 0 Å². The molecular weight excluding hydrogens is 921 g/mol. The molecule has 2 saturated heterocycles. The first-order chi connectivity index (χ1) is 36.2. The molecule has 11 nitrogen and oxygen atoms in total. The molecule has 0 radical (unpaired) electrons. The zero-order chi connectivity index (χ0) is 49.7. The van der Waals surface area contributed by atoms with E-state index in [-0.39, 0.29) is 46.2 Å². The smallest absolute Gasteiger partial charge is 0.187 e. The van der Waals surface area contributed by atoms with Crippen molar-refractivity contribution in [2.24, 2.45) is 0 Å². The van der Waals surface area contributed by atoms with Crippen molar-refractivity contribution in [1.82, 2.24) is 0 Å². The molecule has 2 fully saturated rings. The first-order valence-electron chi connectivity index (χ1n) is 25.2. The molecule has 2 aliphatic rings. The van der Waals surface area contributed by atoms with Gasteiger partial charge in [-0.1, -0.05) is 212 Å². The average molecular weight is 987 g/mol. The van der Waals surface area contributed by atoms with Gasteiger partial charge in [-0.3, -0.25) is 0 Å². The fraction of sp³-hybridized carbons (Fsp3) is 0.323. The summed E-state index contributed by atoms with van der Waals surface area (Å²) >= 11 is 0. The van der Waals surface area contributed by atoms with Crippen LogP contribution < -0.4 is 0 Å². The molecule has 0 unspecified atom stereocenters. The normalized spacial score (nSPS) is 24.0. The van der Waals surface area contributed by atoms with Crippen LogP contribution in [-0.4, -0.2) is 81.7 Å². The van der Waals surface area contributed by atoms with E-state index < -0.39 is 61.4 Å². The minimum absolute atomic E-state index is 0.150. The number of ether oxygens (including phenoxy) is 11. The Morgan fingerprint density at radius 2 is 0.548 bits per heavy atom. The summed E-state index contributed by atoms with van der Waals surface area (Å²) in [5, 5.41) is 0. The number of benzene rings is 7. The highest BCUT2D eigenvalue weighted by Gasteiger charge is 2.54. The zero-order valence-electron chi connectivity index (χ0n) is 41.3. The molecule has 0 aliphatic carbocycles. The van der Waals surface area contributed by atoms with E-state index in [0.29, 0.717) is 13.2 Å². The average Bonchev–Trinajstić information content (AvgIpc) is 3.45. The molecule has 73 heavy (non-hydrogen) atoms. The summed E-state index contributed by atoms with van der Waals surface area (Å²) in [5.41, 5.74) is 6.95. The molecule has 0 spiro atoms. The summed E-state index contributed by atoms with van der Waals surface area (Å²) in [6, 6.07) is 70.4. The van der Waals surface area contributed by atoms with Gasteiger partial charge in [-0.05, 0) is 38.9 Å². The Labute approximate surface area is 429 Å². The van der Waals surface area contributed by atoms with Crippen molar-refractivity contribution < 1.29 is 52.1 Å². The highest BCUT2D eigenvalue weighted by Crippen LogP contribution is 2.37. The number of rotatable bonds is 26. The summed E-state index contributed by atoms with van der Waals surface area (Å²) in [6.07, 6.45) is -8.16. The van der Waals surface area contributed by atoms with Crippen LogP contribution in [0.25, 0.3) is 0 Å². The fourth-order valence-electron chi connectivity index (χ4n) is 9.15. The third-order valence-corrected chi connectivity index (χ3v) is 12.9. The Morgan fingerprint density at radius 3 is 0.877 bits per heavy atom. The van der Waals surface area contributed by atoms with Gasteiger partial charge in [-0.15, -0.1) is 0 Å². The van der Waals surface area contributed by atoms with Crippen molar-refractivity contribution in [2.45, 2.75) is 108 Å². The maximum absolute atomic E-state index is 7.55. The summed E-state index contributed by atoms with van der Waals surface area (Å²) in [6.45, 7) is 2.30. The number of hydrogen-bond donors (Lipinski definition) is 0. The van der Waals surface area contributed by atoms with Gasteiger partial charge in [-0.2, -0.15) is 0 Å². The van der Waals surface area contributed by atoms with Crippen LogP contribution in [0.4, 0.5) is 0 Å². The van der Waals surface area contributed by atoms with E-state index in [1.54, 1.807) is 7.11 Å². The molecule has 0 amide bonds. The third kappa shape index (κ3) is 15.3. The van der Waals surface area contributed by atoms with Gasteiger partial charge in [0, 0.05) is 7.11 Å². The van der Waals surface area contributed by atoms with Gasteiger partial charge in [0.25, 0.3) is 0 Å². The van der Waals surface area contributed by atoms with Crippen LogP contribution in [0.15, 0.2) is 212 Å². The first kappa shape index (κ1) is 52.0. The molecule has 380 valence electrons. The number of hydrogen-bond acceptors (Lipinski definition) is 11. The van der Waals surface area contributed by atoms with Gasteiger partial charge < -0.3 is 52.1 Å². The SMILES string of the molecule is CO[C@H]1O[C@H](COCc2ccccc2)[C@H](OCc2ccccc2)[C@H](O[C@H]2O[C@H](COCc3ccccc3)[C@@H](OCc3ccccc3)[C@H](OCc3ccccc3)[C@H]2OCc2ccccc2)[C@H]1OCc1ccccc1. The molecule has 2 heterocycles. The van der Waals surface area contributed by atoms with Gasteiger partial charge in [0.05, 0.1) is 59.5 Å². The zero-order valence-corrected chi connectivity index (χ0v) is 41.3. The van der Waals surface area contributed by atoms with E-state index in [4.69, 9.17) is 52.1 Å². The highest BCUT2D eigenvalue weighted by molar-refractivity contribution is 5.19. The highest BCUT2D eigenvalue weighted by atomic mass is 16.8. The molecule has 7 aromatic rings. The fourth-order valence-corrected chi connectivity index (χ4v) is 9.15. The predicted molar refractivity (Wildman–Crippen MR) is 276 cm³/mol. The molecule has 11 heteroatoms. The van der Waals surface area contributed by atoms with Crippen LogP contribution in [0.3, 0.4) is 0 Å². The lowest BCUT2D eigenvalue weighted by Gasteiger charge is -2.50. The van der Waals surface area contributed by atoms with Gasteiger partial charge in [-0.25, -0.2) is 0 Å². The molecule has 2 aliphatic heterocycles. The Hall–Kier alpha value is -5.90. The molecule has 0 aromatic heterocycles. The molecule has 0 saturated carbocycles. The largest absolute Gasteiger partial charge is 0.374 e. The standard InChI is InChI=1S/C62H66O11/c1-63-61-60(70-43-52-35-21-8-22-36-52)58(56(67-40-49-29-15-5-16-30-49)54(71-61)45-65-38-47-25-11-3-12-26-47)73-62-59(69-42-51-33-19-7-20-34-51)57(68-41-50-31-17-6-18-32-50)55(66-39-48-27-13-4-14-28-48)53(72-62)44-64-37-46-23-9-2-10-24-46/h2-36,53-62H,37-45H2,1H3/t53-,54-,55-,56+,57+,58+,59-,60-,61+,62-/m1/s1. The van der Waals surface area contributed by atoms with Crippen LogP contribution >= 0.6 is 0 Å². The Bertz CT molecular complexity index is 2560. The van der Waals surface area contributed by atoms with Crippen molar-refractivity contribution in [3.05, 3.63) is 251 Å². The Morgan fingerprint density at radius 1 is 0.288 bits per heavy atom. The molecule has 9 rings (SSSR count). The third-order valence-electron chi connectivity index (χ3n) is 12.9. The van der Waals surface area contributed by atoms with Crippen molar-refractivity contribution in [3.8, 4) is 0 Å². The van der Waals surface area contributed by atoms with Crippen LogP contribution in [-0.2, 0) is 98.4 Å². The summed E-state index contributed by atoms with van der Waals surface area (Å²) in [7, 11) is 1.61. The van der Waals surface area contributed by atoms with Crippen LogP contribution in [0, 0.1) is 0 Å². The lowest BCUT2D eigenvalue weighted by Crippen LogP contribution is -2.66. The molecule has 0 bridgehead atoms. The molecule has 0 N–H and O–H groups in total. The van der Waals surface area contributed by atoms with Crippen LogP contribution in [0.5, 0.6) is 0 Å². The van der Waals surface area contributed by atoms with Gasteiger partial charge >= 0.3 is 0 Å². The van der Waals surface area contributed by atoms with E-state index >= 15 is 0 Å². The second kappa shape index (κ2) is 28.0. The summed E-state index contributed by atoms with van der Waals surface area (Å²) in [4.78, 5) is 0. The first-order valence-corrected chi connectivity index (χ1v) is 25.2. The van der Waals surface area contributed by atoms with Gasteiger partial charge in [0.15, 0.2) is 12.6 Å². The minimum atomic E-state index is -1.09. The topological polar surface area (TPSA) is 102 Å². The lowest BCUT2D eigenvalue weighted by atomic mass is 9.95. The van der Waals surface area contributed by atoms with Crippen molar-refractivity contribution >= 4 is 0 Å². The van der Waals surface area contributed by atoms with E-state index in [1.807, 2.05) is 212 Å². The summed E-state index contributed by atoms with van der Waals surface area (Å²) in [5.74, 6) is 0. The van der Waals surface area contributed by atoms with Gasteiger partial charge in [0.2, 0.25) is 0 Å². The van der Waals surface area contributed by atoms with Gasteiger partial charge in [0.1, 0.15) is 48.8 Å². The minimum Gasteiger partial charge on any atom is -0.374 e. The molecule has 7 aromatic carbocycles. The second-order valence-corrected chi connectivity index (χ2v) is 18.2. The Kier molecular flexibility index (Phi) is 19.9. The lowest BCUT2D eigenvalue weighted by molar-refractivity contribution is -0.377. The predicted octanol–water partition coefficient (Wildman–Crippen LogP) is 10.8. The van der Waals surface area contributed by atoms with Crippen LogP contribution in [0.2, 0.25) is 0 Å². The monoisotopic (exact) mass is 986 g/mol. The summed E-state index contributed by atoms with van der Waals surface area (Å²) < 4.78 is 75.9. The maximum Gasteiger partial charge on any atom is 0.187 e. The van der Waals surface area contributed by atoms with Crippen LogP contribution in [0.1, 0.15) is 38.9 Å². The Balaban J connectivity index is 1.11. The quantitative estimate of drug-likeness (QED) is 0.0518. The van der Waals surface area contributed by atoms with Crippen molar-refractivity contribution in [3.63, 3.8) is 0 Å². The number of methoxy groups -OCH3 is 1. The molecule has 10 atom stereocenters. The maximum atomic E-state index is 7.55. The van der Waals surface area contributed by atoms with Crippen molar-refractivity contribution in [2.75, 3.05) is 20.3 Å².